The van der Waals surface area contributed by atoms with E-state index in [1.807, 2.05) is 0 Å². The number of fused-ring (bicyclic) bond motifs is 5. The highest BCUT2D eigenvalue weighted by atomic mass is 16.6. The molecule has 12 heteroatoms. The lowest BCUT2D eigenvalue weighted by atomic mass is 9.81. The largest absolute Gasteiger partial charge is 0.292 e. The fourth-order valence-electron chi connectivity index (χ4n) is 5.76. The number of Topliss-reactive ketones (excluding diaryl/α,β-unsaturated/α-hetero) is 1. The number of hydrazine groups is 1. The zero-order valence-corrected chi connectivity index (χ0v) is 18.8. The van der Waals surface area contributed by atoms with Crippen LogP contribution in [-0.2, 0) is 9.59 Å². The van der Waals surface area contributed by atoms with Crippen molar-refractivity contribution >= 4 is 34.9 Å². The summed E-state index contributed by atoms with van der Waals surface area (Å²) in [5.74, 6) is -3.69. The SMILES string of the molecule is O=C(CN(C(=O)c1cccc([N+](=O)[O-])c1)N1C(=O)[C@@H]2[C@H]3CC[C@@H](C3)[C@H]2C1=O)c1ccc([N+](=O)[O-])cc1. The van der Waals surface area contributed by atoms with Gasteiger partial charge in [0.1, 0.15) is 6.54 Å². The van der Waals surface area contributed by atoms with E-state index < -0.39 is 51.7 Å². The van der Waals surface area contributed by atoms with Gasteiger partial charge in [-0.1, -0.05) is 6.07 Å². The highest BCUT2D eigenvalue weighted by molar-refractivity contribution is 6.10. The number of ketones is 1. The zero-order valence-electron chi connectivity index (χ0n) is 18.8. The first kappa shape index (κ1) is 23.3. The number of nitro benzene ring substituents is 2. The molecule has 5 rings (SSSR count). The second kappa shape index (κ2) is 8.63. The van der Waals surface area contributed by atoms with E-state index in [4.69, 9.17) is 0 Å². The monoisotopic (exact) mass is 492 g/mol. The first-order valence-corrected chi connectivity index (χ1v) is 11.4. The van der Waals surface area contributed by atoms with Crippen LogP contribution in [0.1, 0.15) is 40.0 Å². The number of hydrogen-bond acceptors (Lipinski definition) is 8. The van der Waals surface area contributed by atoms with E-state index in [1.54, 1.807) is 0 Å². The Kier molecular flexibility index (Phi) is 5.58. The summed E-state index contributed by atoms with van der Waals surface area (Å²) in [4.78, 5) is 74.2. The molecule has 3 aliphatic rings. The summed E-state index contributed by atoms with van der Waals surface area (Å²) < 4.78 is 0. The summed E-state index contributed by atoms with van der Waals surface area (Å²) in [6.45, 7) is -0.703. The molecule has 2 aromatic carbocycles. The Balaban J connectivity index is 1.50. The molecule has 1 aliphatic heterocycles. The fourth-order valence-corrected chi connectivity index (χ4v) is 5.76. The van der Waals surface area contributed by atoms with Crippen molar-refractivity contribution in [2.45, 2.75) is 19.3 Å². The van der Waals surface area contributed by atoms with Crippen LogP contribution in [-0.4, -0.2) is 49.9 Å². The molecule has 36 heavy (non-hydrogen) atoms. The predicted molar refractivity (Wildman–Crippen MR) is 121 cm³/mol. The lowest BCUT2D eigenvalue weighted by molar-refractivity contribution is -0.385. The Morgan fingerprint density at radius 1 is 0.861 bits per heavy atom. The third-order valence-electron chi connectivity index (χ3n) is 7.38. The average molecular weight is 492 g/mol. The molecule has 1 saturated heterocycles. The van der Waals surface area contributed by atoms with E-state index in [0.29, 0.717) is 0 Å². The Labute approximate surface area is 203 Å². The third kappa shape index (κ3) is 3.70. The van der Waals surface area contributed by atoms with E-state index in [1.165, 1.54) is 30.3 Å². The van der Waals surface area contributed by atoms with E-state index >= 15 is 0 Å². The highest BCUT2D eigenvalue weighted by Crippen LogP contribution is 2.56. The van der Waals surface area contributed by atoms with Crippen molar-refractivity contribution in [3.05, 3.63) is 79.9 Å². The first-order chi connectivity index (χ1) is 17.2. The number of carbonyl (C=O) groups excluding carboxylic acids is 4. The zero-order chi connectivity index (χ0) is 25.7. The molecule has 0 unspecified atom stereocenters. The van der Waals surface area contributed by atoms with Gasteiger partial charge in [-0.3, -0.25) is 39.4 Å². The molecule has 2 saturated carbocycles. The number of benzene rings is 2. The number of imide groups is 1. The van der Waals surface area contributed by atoms with Gasteiger partial charge in [-0.05, 0) is 49.3 Å². The Hall–Kier alpha value is -4.48. The van der Waals surface area contributed by atoms with E-state index in [9.17, 15) is 39.4 Å². The molecule has 12 nitrogen and oxygen atoms in total. The predicted octanol–water partition coefficient (Wildman–Crippen LogP) is 2.77. The van der Waals surface area contributed by atoms with Gasteiger partial charge in [0, 0.05) is 35.4 Å². The van der Waals surface area contributed by atoms with Crippen molar-refractivity contribution in [1.82, 2.24) is 10.0 Å². The van der Waals surface area contributed by atoms with Crippen LogP contribution in [0.25, 0.3) is 0 Å². The van der Waals surface area contributed by atoms with E-state index in [-0.39, 0.29) is 34.3 Å². The average Bonchev–Trinajstić information content (AvgIpc) is 3.56. The van der Waals surface area contributed by atoms with Crippen LogP contribution >= 0.6 is 0 Å². The van der Waals surface area contributed by atoms with Crippen LogP contribution in [0.15, 0.2) is 48.5 Å². The number of nitro groups is 2. The molecule has 2 aliphatic carbocycles. The number of nitrogens with zero attached hydrogens (tertiary/aromatic N) is 4. The minimum absolute atomic E-state index is 0.0387. The number of rotatable bonds is 7. The van der Waals surface area contributed by atoms with Crippen molar-refractivity contribution in [3.63, 3.8) is 0 Å². The highest BCUT2D eigenvalue weighted by Gasteiger charge is 2.62. The quantitative estimate of drug-likeness (QED) is 0.247. The molecular weight excluding hydrogens is 472 g/mol. The van der Waals surface area contributed by atoms with Crippen molar-refractivity contribution in [2.24, 2.45) is 23.7 Å². The molecule has 0 spiro atoms. The number of amides is 3. The van der Waals surface area contributed by atoms with E-state index in [2.05, 4.69) is 0 Å². The number of non-ortho nitro benzene ring substituents is 2. The number of carbonyl (C=O) groups is 4. The van der Waals surface area contributed by atoms with Gasteiger partial charge >= 0.3 is 0 Å². The number of hydrogen-bond donors (Lipinski definition) is 0. The molecule has 3 fully saturated rings. The van der Waals surface area contributed by atoms with Gasteiger partial charge in [-0.15, -0.1) is 0 Å². The van der Waals surface area contributed by atoms with Crippen LogP contribution in [0.3, 0.4) is 0 Å². The molecular formula is C24H20N4O8. The van der Waals surface area contributed by atoms with Gasteiger partial charge in [0.2, 0.25) is 0 Å². The Morgan fingerprint density at radius 3 is 2.00 bits per heavy atom. The van der Waals surface area contributed by atoms with Gasteiger partial charge in [0.05, 0.1) is 21.7 Å². The summed E-state index contributed by atoms with van der Waals surface area (Å²) in [5.41, 5.74) is -0.723. The lowest BCUT2D eigenvalue weighted by Crippen LogP contribution is -2.52. The van der Waals surface area contributed by atoms with Crippen molar-refractivity contribution in [2.75, 3.05) is 6.54 Å². The maximum Gasteiger partial charge on any atom is 0.273 e. The van der Waals surface area contributed by atoms with Crippen LogP contribution in [0.2, 0.25) is 0 Å². The second-order valence-electron chi connectivity index (χ2n) is 9.27. The summed E-state index contributed by atoms with van der Waals surface area (Å²) in [7, 11) is 0. The molecule has 0 radical (unpaired) electrons. The molecule has 2 aromatic rings. The van der Waals surface area contributed by atoms with Crippen LogP contribution in [0.4, 0.5) is 11.4 Å². The van der Waals surface area contributed by atoms with Gasteiger partial charge in [0.15, 0.2) is 5.78 Å². The maximum absolute atomic E-state index is 13.5. The van der Waals surface area contributed by atoms with E-state index in [0.717, 1.165) is 47.5 Å². The van der Waals surface area contributed by atoms with Crippen molar-refractivity contribution in [1.29, 1.82) is 0 Å². The summed E-state index contributed by atoms with van der Waals surface area (Å²) in [6.07, 6.45) is 2.42. The van der Waals surface area contributed by atoms with Crippen LogP contribution in [0.5, 0.6) is 0 Å². The molecule has 4 atom stereocenters. The van der Waals surface area contributed by atoms with Crippen molar-refractivity contribution < 1.29 is 29.0 Å². The maximum atomic E-state index is 13.5. The Morgan fingerprint density at radius 2 is 1.44 bits per heavy atom. The normalized spacial score (nSPS) is 24.1. The summed E-state index contributed by atoms with van der Waals surface area (Å²) >= 11 is 0. The smallest absolute Gasteiger partial charge is 0.273 e. The molecule has 1 heterocycles. The molecule has 3 amide bonds. The first-order valence-electron chi connectivity index (χ1n) is 11.4. The topological polar surface area (TPSA) is 161 Å². The fraction of sp³-hybridized carbons (Fsp3) is 0.333. The molecule has 184 valence electrons. The lowest BCUT2D eigenvalue weighted by Gasteiger charge is -2.30. The van der Waals surface area contributed by atoms with Gasteiger partial charge in [-0.2, -0.15) is 5.01 Å². The minimum atomic E-state index is -0.914. The molecule has 2 bridgehead atoms. The molecule has 0 aromatic heterocycles. The van der Waals surface area contributed by atoms with Crippen LogP contribution in [0, 0.1) is 43.9 Å². The van der Waals surface area contributed by atoms with Crippen LogP contribution < -0.4 is 0 Å². The third-order valence-corrected chi connectivity index (χ3v) is 7.38. The second-order valence-corrected chi connectivity index (χ2v) is 9.27. The van der Waals surface area contributed by atoms with Gasteiger partial charge < -0.3 is 0 Å². The van der Waals surface area contributed by atoms with Gasteiger partial charge in [-0.25, -0.2) is 5.01 Å². The standard InChI is InChI=1S/C24H20N4O8/c29-19(13-6-8-17(9-7-13)27(33)34)12-25(22(30)16-2-1-3-18(11-16)28(35)36)26-23(31)20-14-4-5-15(10-14)21(20)24(26)32/h1-3,6-9,11,14-15,20-21H,4-5,10,12H2/t14-,15-,20+,21+/m0/s1. The Bertz CT molecular complexity index is 1300. The van der Waals surface area contributed by atoms with Gasteiger partial charge in [0.25, 0.3) is 29.1 Å². The minimum Gasteiger partial charge on any atom is -0.292 e. The summed E-state index contributed by atoms with van der Waals surface area (Å²) in [6, 6.07) is 9.51. The van der Waals surface area contributed by atoms with Crippen molar-refractivity contribution in [3.8, 4) is 0 Å². The molecule has 0 N–H and O–H groups in total. The summed E-state index contributed by atoms with van der Waals surface area (Å²) in [5, 5.41) is 23.6.